The third-order valence-electron chi connectivity index (χ3n) is 7.27. The lowest BCUT2D eigenvalue weighted by Gasteiger charge is -2.10. The quantitative estimate of drug-likeness (QED) is 0.212. The van der Waals surface area contributed by atoms with E-state index < -0.39 is 0 Å². The number of benzene rings is 6. The van der Waals surface area contributed by atoms with E-state index in [-0.39, 0.29) is 5.75 Å². The molecule has 7 aromatic rings. The fourth-order valence-corrected chi connectivity index (χ4v) is 5.62. The number of phenols is 1. The number of furan rings is 1. The van der Waals surface area contributed by atoms with Crippen molar-refractivity contribution in [1.82, 2.24) is 0 Å². The molecule has 0 aliphatic rings. The molecular weight excluding hydrogens is 558 g/mol. The van der Waals surface area contributed by atoms with E-state index >= 15 is 0 Å². The number of hydrogen-bond donors (Lipinski definition) is 2. The van der Waals surface area contributed by atoms with Crippen LogP contribution in [0.25, 0.3) is 55.3 Å². The minimum absolute atomic E-state index is 0.118. The van der Waals surface area contributed by atoms with Gasteiger partial charge in [-0.05, 0) is 85.7 Å². The minimum Gasteiger partial charge on any atom is -0.503 e. The molecule has 4 heteroatoms. The van der Waals surface area contributed by atoms with Crippen LogP contribution in [0.1, 0.15) is 0 Å². The maximum atomic E-state index is 10.7. The molecule has 7 rings (SSSR count). The molecular formula is C36H24BrNO2. The van der Waals surface area contributed by atoms with E-state index in [1.54, 1.807) is 0 Å². The Bertz CT molecular complexity index is 1960. The summed E-state index contributed by atoms with van der Waals surface area (Å²) >= 11 is 3.50. The van der Waals surface area contributed by atoms with Gasteiger partial charge in [-0.25, -0.2) is 0 Å². The normalized spacial score (nSPS) is 11.2. The van der Waals surface area contributed by atoms with Crippen molar-refractivity contribution in [2.75, 3.05) is 5.32 Å². The molecule has 0 aliphatic carbocycles. The van der Waals surface area contributed by atoms with E-state index in [1.165, 1.54) is 11.1 Å². The molecule has 1 aromatic heterocycles. The number of hydrogen-bond acceptors (Lipinski definition) is 3. The topological polar surface area (TPSA) is 45.4 Å². The summed E-state index contributed by atoms with van der Waals surface area (Å²) in [5, 5.41) is 16.0. The van der Waals surface area contributed by atoms with E-state index in [9.17, 15) is 5.11 Å². The molecule has 0 saturated carbocycles. The molecule has 0 amide bonds. The molecule has 0 unspecified atom stereocenters. The van der Waals surface area contributed by atoms with E-state index in [2.05, 4.69) is 118 Å². The van der Waals surface area contributed by atoms with E-state index in [1.807, 2.05) is 36.4 Å². The Morgan fingerprint density at radius 1 is 0.550 bits per heavy atom. The molecule has 0 spiro atoms. The van der Waals surface area contributed by atoms with Gasteiger partial charge in [0.05, 0.1) is 4.47 Å². The Hall–Kier alpha value is -4.80. The number of rotatable bonds is 5. The second-order valence-corrected chi connectivity index (χ2v) is 10.6. The Labute approximate surface area is 240 Å². The summed E-state index contributed by atoms with van der Waals surface area (Å²) in [6.45, 7) is 0. The van der Waals surface area contributed by atoms with Crippen LogP contribution in [0.2, 0.25) is 0 Å². The van der Waals surface area contributed by atoms with Gasteiger partial charge in [-0.2, -0.15) is 0 Å². The van der Waals surface area contributed by atoms with Crippen molar-refractivity contribution < 1.29 is 9.52 Å². The van der Waals surface area contributed by atoms with Gasteiger partial charge in [-0.15, -0.1) is 0 Å². The van der Waals surface area contributed by atoms with Crippen molar-refractivity contribution in [2.24, 2.45) is 0 Å². The highest BCUT2D eigenvalue weighted by atomic mass is 79.9. The largest absolute Gasteiger partial charge is 0.503 e. The predicted molar refractivity (Wildman–Crippen MR) is 169 cm³/mol. The highest BCUT2D eigenvalue weighted by molar-refractivity contribution is 9.10. The van der Waals surface area contributed by atoms with Gasteiger partial charge in [0.1, 0.15) is 5.58 Å². The average molecular weight is 582 g/mol. The number of aromatic hydroxyl groups is 1. The zero-order valence-corrected chi connectivity index (χ0v) is 23.0. The summed E-state index contributed by atoms with van der Waals surface area (Å²) in [5.74, 6) is 0.118. The number of nitrogens with one attached hydrogen (secondary N) is 1. The van der Waals surface area contributed by atoms with Crippen molar-refractivity contribution in [3.05, 3.63) is 138 Å². The smallest absolute Gasteiger partial charge is 0.178 e. The van der Waals surface area contributed by atoms with Gasteiger partial charge in [-0.3, -0.25) is 0 Å². The van der Waals surface area contributed by atoms with Crippen LogP contribution in [0.3, 0.4) is 0 Å². The fraction of sp³-hybridized carbons (Fsp3) is 0. The van der Waals surface area contributed by atoms with Gasteiger partial charge in [0.25, 0.3) is 0 Å². The highest BCUT2D eigenvalue weighted by Crippen LogP contribution is 2.44. The van der Waals surface area contributed by atoms with Crippen LogP contribution in [0, 0.1) is 0 Å². The first-order chi connectivity index (χ1) is 19.6. The van der Waals surface area contributed by atoms with Crippen LogP contribution in [0.15, 0.2) is 142 Å². The SMILES string of the molecule is Oc1c(Br)cc(-c2ccc(-c3ccc(Nc4ccc(-c5ccccc5)cc4)cc3)cc2)c2c1oc1ccccc12. The van der Waals surface area contributed by atoms with E-state index in [4.69, 9.17) is 4.42 Å². The first-order valence-corrected chi connectivity index (χ1v) is 13.9. The van der Waals surface area contributed by atoms with E-state index in [0.29, 0.717) is 10.1 Å². The van der Waals surface area contributed by atoms with Crippen LogP contribution >= 0.6 is 15.9 Å². The van der Waals surface area contributed by atoms with Crippen molar-refractivity contribution in [2.45, 2.75) is 0 Å². The third kappa shape index (κ3) is 4.42. The van der Waals surface area contributed by atoms with Gasteiger partial charge in [0.2, 0.25) is 0 Å². The standard InChI is InChI=1S/C36H24BrNO2/c37-32-22-31(34-30-8-4-5-9-33(30)40-36(34)35(32)39)27-12-10-24(11-13-27)26-16-20-29(21-17-26)38-28-18-14-25(15-19-28)23-6-2-1-3-7-23/h1-22,38-39H. The molecule has 0 fully saturated rings. The van der Waals surface area contributed by atoms with Crippen molar-refractivity contribution in [3.8, 4) is 39.1 Å². The lowest BCUT2D eigenvalue weighted by atomic mass is 9.96. The summed E-state index contributed by atoms with van der Waals surface area (Å²) in [6, 6.07) is 45.7. The lowest BCUT2D eigenvalue weighted by Crippen LogP contribution is -1.90. The Morgan fingerprint density at radius 3 is 1.68 bits per heavy atom. The molecule has 6 aromatic carbocycles. The van der Waals surface area contributed by atoms with Crippen LogP contribution < -0.4 is 5.32 Å². The van der Waals surface area contributed by atoms with Crippen LogP contribution in [-0.4, -0.2) is 5.11 Å². The molecule has 2 N–H and O–H groups in total. The summed E-state index contributed by atoms with van der Waals surface area (Å²) in [7, 11) is 0. The summed E-state index contributed by atoms with van der Waals surface area (Å²) in [5.41, 5.74) is 10.1. The van der Waals surface area contributed by atoms with Gasteiger partial charge in [0, 0.05) is 22.1 Å². The number of fused-ring (bicyclic) bond motifs is 3. The molecule has 192 valence electrons. The zero-order valence-electron chi connectivity index (χ0n) is 21.4. The Morgan fingerprint density at radius 2 is 1.05 bits per heavy atom. The lowest BCUT2D eigenvalue weighted by molar-refractivity contribution is 0.465. The fourth-order valence-electron chi connectivity index (χ4n) is 5.21. The molecule has 0 aliphatic heterocycles. The molecule has 1 heterocycles. The van der Waals surface area contributed by atoms with Gasteiger partial charge < -0.3 is 14.8 Å². The summed E-state index contributed by atoms with van der Waals surface area (Å²) in [6.07, 6.45) is 0. The first-order valence-electron chi connectivity index (χ1n) is 13.1. The summed E-state index contributed by atoms with van der Waals surface area (Å²) in [4.78, 5) is 0. The number of para-hydroxylation sites is 1. The van der Waals surface area contributed by atoms with E-state index in [0.717, 1.165) is 50.0 Å². The highest BCUT2D eigenvalue weighted by Gasteiger charge is 2.18. The molecule has 0 saturated heterocycles. The minimum atomic E-state index is 0.118. The van der Waals surface area contributed by atoms with Crippen molar-refractivity contribution in [3.63, 3.8) is 0 Å². The van der Waals surface area contributed by atoms with Gasteiger partial charge in [-0.1, -0.05) is 97.1 Å². The second kappa shape index (κ2) is 10.1. The Balaban J connectivity index is 1.13. The summed E-state index contributed by atoms with van der Waals surface area (Å²) < 4.78 is 6.62. The maximum absolute atomic E-state index is 10.7. The Kier molecular flexibility index (Phi) is 6.10. The average Bonchev–Trinajstić information content (AvgIpc) is 3.40. The van der Waals surface area contributed by atoms with Gasteiger partial charge in [0.15, 0.2) is 11.3 Å². The van der Waals surface area contributed by atoms with Gasteiger partial charge >= 0.3 is 0 Å². The molecule has 3 nitrogen and oxygen atoms in total. The number of halogens is 1. The number of phenolic OH excluding ortho intramolecular Hbond substituents is 1. The molecule has 0 bridgehead atoms. The third-order valence-corrected chi connectivity index (χ3v) is 7.88. The molecule has 0 radical (unpaired) electrons. The molecule has 0 atom stereocenters. The first kappa shape index (κ1) is 24.3. The van der Waals surface area contributed by atoms with Crippen molar-refractivity contribution >= 4 is 49.2 Å². The molecule has 40 heavy (non-hydrogen) atoms. The van der Waals surface area contributed by atoms with Crippen LogP contribution in [-0.2, 0) is 0 Å². The predicted octanol–water partition coefficient (Wildman–Crippen LogP) is 10.8. The zero-order chi connectivity index (χ0) is 27.1. The van der Waals surface area contributed by atoms with Crippen LogP contribution in [0.4, 0.5) is 11.4 Å². The monoisotopic (exact) mass is 581 g/mol. The van der Waals surface area contributed by atoms with Crippen LogP contribution in [0.5, 0.6) is 5.75 Å². The maximum Gasteiger partial charge on any atom is 0.178 e. The van der Waals surface area contributed by atoms with Crippen molar-refractivity contribution in [1.29, 1.82) is 0 Å². The number of anilines is 2. The second-order valence-electron chi connectivity index (χ2n) is 9.78.